The Balaban J connectivity index is 1.05. The lowest BCUT2D eigenvalue weighted by atomic mass is 9.98. The molecule has 2 aliphatic rings. The molecule has 0 aliphatic carbocycles. The van der Waals surface area contributed by atoms with Crippen molar-refractivity contribution >= 4 is 86.5 Å². The molecule has 0 spiro atoms. The van der Waals surface area contributed by atoms with Gasteiger partial charge in [0.05, 0.1) is 19.9 Å². The fourth-order valence-electron chi connectivity index (χ4n) is 6.72. The summed E-state index contributed by atoms with van der Waals surface area (Å²) in [6.45, 7) is 0. The first kappa shape index (κ1) is 24.0. The maximum atomic E-state index is 2.50. The van der Waals surface area contributed by atoms with Gasteiger partial charge in [-0.3, -0.25) is 0 Å². The first-order chi connectivity index (χ1) is 20.8. The summed E-state index contributed by atoms with van der Waals surface area (Å²) in [5, 5.41) is 6.50. The predicted octanol–water partition coefficient (Wildman–Crippen LogP) is 12.8. The third-order valence-corrected chi connectivity index (χ3v) is 14.2. The Morgan fingerprint density at radius 1 is 0.405 bits per heavy atom. The van der Waals surface area contributed by atoms with Crippen molar-refractivity contribution in [2.75, 3.05) is 0 Å². The summed E-state index contributed by atoms with van der Waals surface area (Å²) < 4.78 is 5.64. The third-order valence-electron chi connectivity index (χ3n) is 8.79. The minimum absolute atomic E-state index is 0.487. The molecule has 0 bridgehead atoms. The zero-order chi connectivity index (χ0) is 27.4. The zero-order valence-corrected chi connectivity index (χ0v) is 25.6. The molecule has 2 aromatic heterocycles. The van der Waals surface area contributed by atoms with Crippen LogP contribution in [0.3, 0.4) is 0 Å². The summed E-state index contributed by atoms with van der Waals surface area (Å²) >= 11 is 8.03. The van der Waals surface area contributed by atoms with Gasteiger partial charge in [0.15, 0.2) is 0 Å². The molecule has 4 heteroatoms. The van der Waals surface area contributed by atoms with Crippen LogP contribution in [0.15, 0.2) is 131 Å². The van der Waals surface area contributed by atoms with Crippen LogP contribution < -0.4 is 0 Å². The third kappa shape index (κ3) is 3.50. The first-order valence-corrected chi connectivity index (χ1v) is 17.6. The highest BCUT2D eigenvalue weighted by molar-refractivity contribution is 8.05. The molecule has 2 aliphatic heterocycles. The van der Waals surface area contributed by atoms with E-state index in [1.165, 1.54) is 83.5 Å². The molecule has 0 amide bonds. The Kier molecular flexibility index (Phi) is 5.12. The van der Waals surface area contributed by atoms with Crippen molar-refractivity contribution in [1.29, 1.82) is 0 Å². The number of hydrogen-bond acceptors (Lipinski definition) is 4. The summed E-state index contributed by atoms with van der Waals surface area (Å²) in [6, 6.07) is 45.4. The molecule has 42 heavy (non-hydrogen) atoms. The van der Waals surface area contributed by atoms with Crippen molar-refractivity contribution in [2.24, 2.45) is 0 Å². The van der Waals surface area contributed by atoms with Gasteiger partial charge in [0, 0.05) is 30.0 Å². The number of thioether (sulfide) groups is 2. The zero-order valence-electron chi connectivity index (χ0n) is 22.3. The Hall–Kier alpha value is -3.54. The highest BCUT2D eigenvalue weighted by atomic mass is 32.2. The van der Waals surface area contributed by atoms with E-state index >= 15 is 0 Å². The Bertz CT molecular complexity index is 2360. The molecule has 0 N–H and O–H groups in total. The lowest BCUT2D eigenvalue weighted by molar-refractivity contribution is 0.941. The summed E-state index contributed by atoms with van der Waals surface area (Å²) in [5.41, 5.74) is 8.19. The van der Waals surface area contributed by atoms with Gasteiger partial charge in [0.2, 0.25) is 0 Å². The van der Waals surface area contributed by atoms with E-state index in [1.54, 1.807) is 0 Å². The number of rotatable bonds is 2. The second kappa shape index (κ2) is 8.98. The fourth-order valence-corrected chi connectivity index (χ4v) is 12.7. The summed E-state index contributed by atoms with van der Waals surface area (Å²) in [7, 11) is 0. The van der Waals surface area contributed by atoms with E-state index < -0.39 is 0 Å². The van der Waals surface area contributed by atoms with Crippen LogP contribution in [0.1, 0.15) is 21.6 Å². The van der Waals surface area contributed by atoms with Crippen LogP contribution in [0, 0.1) is 0 Å². The predicted molar refractivity (Wildman–Crippen MR) is 187 cm³/mol. The maximum absolute atomic E-state index is 2.50. The van der Waals surface area contributed by atoms with Crippen LogP contribution in [-0.2, 0) is 0 Å². The largest absolute Gasteiger partial charge is 0.134 e. The van der Waals surface area contributed by atoms with Crippen molar-refractivity contribution in [1.82, 2.24) is 0 Å². The molecule has 2 atom stereocenters. The standard InChI is InChI=1S/C38H22S4/c1-3-7-21(8-4-1)23-11-13-27-31(17-23)39-37-29-15-25-20-34-30(16-26(25)19-33(29)41-35(27)37)38-36(42-34)28-14-12-24(18-32(28)40-38)22-9-5-2-6-10-22/h1-20,35,37H. The van der Waals surface area contributed by atoms with Crippen molar-refractivity contribution in [3.8, 4) is 22.3 Å². The summed E-state index contributed by atoms with van der Waals surface area (Å²) in [6.07, 6.45) is 0. The van der Waals surface area contributed by atoms with E-state index in [9.17, 15) is 0 Å². The number of hydrogen-bond donors (Lipinski definition) is 0. The molecular formula is C38H22S4. The Labute approximate surface area is 260 Å². The van der Waals surface area contributed by atoms with E-state index in [4.69, 9.17) is 0 Å². The fraction of sp³-hybridized carbons (Fsp3) is 0.0526. The van der Waals surface area contributed by atoms with Crippen LogP contribution in [0.25, 0.3) is 62.6 Å². The SMILES string of the molecule is c1ccc(-c2ccc3c(c2)SC2c4cc5cc6sc7c8ccc(-c9ccccc9)cc8sc7c6cc5cc4SC32)cc1. The van der Waals surface area contributed by atoms with Gasteiger partial charge in [0.25, 0.3) is 0 Å². The quantitative estimate of drug-likeness (QED) is 0.192. The average Bonchev–Trinajstić information content (AvgIpc) is 3.77. The van der Waals surface area contributed by atoms with Crippen LogP contribution in [-0.4, -0.2) is 0 Å². The Morgan fingerprint density at radius 2 is 1.00 bits per heavy atom. The van der Waals surface area contributed by atoms with Crippen LogP contribution >= 0.6 is 46.2 Å². The topological polar surface area (TPSA) is 0 Å². The van der Waals surface area contributed by atoms with Gasteiger partial charge in [-0.25, -0.2) is 0 Å². The normalized spacial score (nSPS) is 17.3. The molecule has 0 radical (unpaired) electrons. The molecule has 2 unspecified atom stereocenters. The van der Waals surface area contributed by atoms with Gasteiger partial charge in [-0.05, 0) is 80.6 Å². The van der Waals surface area contributed by atoms with Crippen molar-refractivity contribution < 1.29 is 0 Å². The van der Waals surface area contributed by atoms with Gasteiger partial charge >= 0.3 is 0 Å². The minimum Gasteiger partial charge on any atom is -0.134 e. The number of benzene rings is 6. The van der Waals surface area contributed by atoms with E-state index in [1.807, 2.05) is 22.7 Å². The maximum Gasteiger partial charge on any atom is 0.0542 e. The van der Waals surface area contributed by atoms with E-state index in [0.29, 0.717) is 10.5 Å². The van der Waals surface area contributed by atoms with E-state index in [2.05, 4.69) is 145 Å². The molecule has 0 saturated heterocycles. The van der Waals surface area contributed by atoms with Gasteiger partial charge in [-0.1, -0.05) is 84.9 Å². The second-order valence-electron chi connectivity index (χ2n) is 11.2. The molecule has 0 nitrogen and oxygen atoms in total. The van der Waals surface area contributed by atoms with Gasteiger partial charge < -0.3 is 0 Å². The van der Waals surface area contributed by atoms with E-state index in [0.717, 1.165) is 0 Å². The highest BCUT2D eigenvalue weighted by Gasteiger charge is 2.41. The molecular weight excluding hydrogens is 585 g/mol. The highest BCUT2D eigenvalue weighted by Crippen LogP contribution is 2.67. The number of thiophene rings is 2. The van der Waals surface area contributed by atoms with Gasteiger partial charge in [0.1, 0.15) is 0 Å². The summed E-state index contributed by atoms with van der Waals surface area (Å²) in [5.74, 6) is 0. The van der Waals surface area contributed by atoms with Crippen LogP contribution in [0.2, 0.25) is 0 Å². The second-order valence-corrected chi connectivity index (χ2v) is 15.7. The van der Waals surface area contributed by atoms with Crippen LogP contribution in [0.4, 0.5) is 0 Å². The smallest absolute Gasteiger partial charge is 0.0542 e. The minimum atomic E-state index is 0.487. The van der Waals surface area contributed by atoms with E-state index in [-0.39, 0.29) is 0 Å². The molecule has 8 aromatic rings. The van der Waals surface area contributed by atoms with Gasteiger partial charge in [-0.2, -0.15) is 0 Å². The summed E-state index contributed by atoms with van der Waals surface area (Å²) in [4.78, 5) is 2.90. The molecule has 198 valence electrons. The van der Waals surface area contributed by atoms with Crippen LogP contribution in [0.5, 0.6) is 0 Å². The molecule has 6 aromatic carbocycles. The van der Waals surface area contributed by atoms with Crippen molar-refractivity contribution in [3.63, 3.8) is 0 Å². The molecule has 10 rings (SSSR count). The van der Waals surface area contributed by atoms with Crippen molar-refractivity contribution in [2.45, 2.75) is 20.3 Å². The Morgan fingerprint density at radius 3 is 1.76 bits per heavy atom. The lowest BCUT2D eigenvalue weighted by Crippen LogP contribution is -1.91. The average molecular weight is 607 g/mol. The van der Waals surface area contributed by atoms with Gasteiger partial charge in [-0.15, -0.1) is 46.2 Å². The van der Waals surface area contributed by atoms with Crippen molar-refractivity contribution in [3.05, 3.63) is 132 Å². The molecule has 4 heterocycles. The molecule has 0 saturated carbocycles. The molecule has 0 fully saturated rings. The monoisotopic (exact) mass is 606 g/mol. The number of fused-ring (bicyclic) bond motifs is 11. The lowest BCUT2D eigenvalue weighted by Gasteiger charge is -2.09. The first-order valence-electron chi connectivity index (χ1n) is 14.2.